The highest BCUT2D eigenvalue weighted by Crippen LogP contribution is 2.61. The van der Waals surface area contributed by atoms with Crippen molar-refractivity contribution in [3.8, 4) is 0 Å². The van der Waals surface area contributed by atoms with Gasteiger partial charge < -0.3 is 9.05 Å². The molecule has 1 atom stereocenters. The van der Waals surface area contributed by atoms with Crippen LogP contribution in [-0.4, -0.2) is 30.5 Å². The van der Waals surface area contributed by atoms with Crippen molar-refractivity contribution in [1.82, 2.24) is 0 Å². The number of hydrogen-bond acceptors (Lipinski definition) is 5. The monoisotopic (exact) mass is 316 g/mol. The Hall–Kier alpha value is 1.27. The van der Waals surface area contributed by atoms with E-state index in [2.05, 4.69) is 13.8 Å². The molecule has 0 bridgehead atoms. The summed E-state index contributed by atoms with van der Waals surface area (Å²) in [7, 11) is 0. The van der Waals surface area contributed by atoms with Crippen LogP contribution in [0.1, 0.15) is 40.0 Å². The van der Waals surface area contributed by atoms with Gasteiger partial charge in [-0.1, -0.05) is 25.2 Å². The molecule has 0 rings (SSSR count). The van der Waals surface area contributed by atoms with Crippen LogP contribution in [0.2, 0.25) is 0 Å². The van der Waals surface area contributed by atoms with E-state index >= 15 is 0 Å². The summed E-state index contributed by atoms with van der Waals surface area (Å²) in [4.78, 5) is 0. The smallest absolute Gasteiger partial charge is 0.247 e. The minimum absolute atomic E-state index is 0.651. The van der Waals surface area contributed by atoms with Gasteiger partial charge >= 0.3 is 0 Å². The maximum atomic E-state index is 5.81. The third-order valence-corrected chi connectivity index (χ3v) is 8.74. The zero-order valence-electron chi connectivity index (χ0n) is 11.1. The van der Waals surface area contributed by atoms with Crippen LogP contribution in [0, 0.1) is 0 Å². The fourth-order valence-electron chi connectivity index (χ4n) is 1.06. The van der Waals surface area contributed by atoms with E-state index in [1.165, 1.54) is 12.2 Å². The standard InChI is InChI=1S/C11H25O2PS3/c1-4-9-16-11-7-8-13-14(15,12-6-3)17-10-5-2/h4-11H2,1-3H3. The summed E-state index contributed by atoms with van der Waals surface area (Å²) in [6, 6.07) is 0. The molecule has 0 saturated heterocycles. The molecule has 6 heteroatoms. The lowest BCUT2D eigenvalue weighted by Crippen LogP contribution is -1.97. The van der Waals surface area contributed by atoms with Crippen molar-refractivity contribution < 1.29 is 9.05 Å². The van der Waals surface area contributed by atoms with E-state index in [4.69, 9.17) is 20.9 Å². The second-order valence-electron chi connectivity index (χ2n) is 3.50. The highest BCUT2D eigenvalue weighted by molar-refractivity contribution is 8.67. The van der Waals surface area contributed by atoms with Gasteiger partial charge in [0.25, 0.3) is 0 Å². The average molecular weight is 316 g/mol. The van der Waals surface area contributed by atoms with Crippen LogP contribution in [0.4, 0.5) is 0 Å². The van der Waals surface area contributed by atoms with Gasteiger partial charge in [-0.25, -0.2) is 0 Å². The Balaban J connectivity index is 3.72. The Labute approximate surface area is 120 Å². The van der Waals surface area contributed by atoms with Crippen molar-refractivity contribution in [3.63, 3.8) is 0 Å². The molecule has 0 radical (unpaired) electrons. The van der Waals surface area contributed by atoms with Crippen molar-refractivity contribution in [2.75, 3.05) is 30.5 Å². The third kappa shape index (κ3) is 10.8. The van der Waals surface area contributed by atoms with E-state index in [1.807, 2.05) is 18.7 Å². The number of thioether (sulfide) groups is 1. The molecular weight excluding hydrogens is 291 g/mol. The molecule has 0 aromatic carbocycles. The molecule has 0 heterocycles. The quantitative estimate of drug-likeness (QED) is 0.374. The largest absolute Gasteiger partial charge is 0.322 e. The van der Waals surface area contributed by atoms with Gasteiger partial charge in [0.2, 0.25) is 5.69 Å². The van der Waals surface area contributed by atoms with Crippen LogP contribution in [0.3, 0.4) is 0 Å². The van der Waals surface area contributed by atoms with Crippen LogP contribution in [-0.2, 0) is 20.9 Å². The minimum atomic E-state index is -2.05. The maximum Gasteiger partial charge on any atom is 0.247 e. The topological polar surface area (TPSA) is 18.5 Å². The molecule has 0 saturated carbocycles. The molecule has 0 amide bonds. The molecule has 104 valence electrons. The van der Waals surface area contributed by atoms with E-state index < -0.39 is 5.69 Å². The molecular formula is C11H25O2PS3. The average Bonchev–Trinajstić information content (AvgIpc) is 2.32. The van der Waals surface area contributed by atoms with Crippen molar-refractivity contribution >= 4 is 40.6 Å². The minimum Gasteiger partial charge on any atom is -0.322 e. The first-order valence-electron chi connectivity index (χ1n) is 6.29. The lowest BCUT2D eigenvalue weighted by Gasteiger charge is -2.20. The van der Waals surface area contributed by atoms with Gasteiger partial charge in [0.1, 0.15) is 0 Å². The number of rotatable bonds is 12. The lowest BCUT2D eigenvalue weighted by molar-refractivity contribution is 0.270. The van der Waals surface area contributed by atoms with Gasteiger partial charge in [0.05, 0.1) is 13.2 Å². The summed E-state index contributed by atoms with van der Waals surface area (Å²) in [5.74, 6) is 3.43. The van der Waals surface area contributed by atoms with Crippen molar-refractivity contribution in [2.24, 2.45) is 0 Å². The van der Waals surface area contributed by atoms with Crippen LogP contribution in [0.15, 0.2) is 0 Å². The summed E-state index contributed by atoms with van der Waals surface area (Å²) in [6.45, 7) is 7.73. The van der Waals surface area contributed by atoms with Crippen LogP contribution >= 0.6 is 28.8 Å². The zero-order valence-corrected chi connectivity index (χ0v) is 14.5. The molecule has 0 aromatic heterocycles. The molecule has 0 aliphatic rings. The number of hydrogen-bond donors (Lipinski definition) is 0. The predicted molar refractivity (Wildman–Crippen MR) is 86.8 cm³/mol. The van der Waals surface area contributed by atoms with Gasteiger partial charge in [-0.3, -0.25) is 0 Å². The Bertz CT molecular complexity index is 215. The van der Waals surface area contributed by atoms with Gasteiger partial charge in [-0.15, -0.1) is 0 Å². The van der Waals surface area contributed by atoms with Gasteiger partial charge in [0, 0.05) is 5.75 Å². The lowest BCUT2D eigenvalue weighted by atomic mass is 10.5. The van der Waals surface area contributed by atoms with Gasteiger partial charge in [-0.2, -0.15) is 11.8 Å². The summed E-state index contributed by atoms with van der Waals surface area (Å²) in [6.07, 6.45) is 3.43. The molecule has 0 spiro atoms. The molecule has 0 aliphatic heterocycles. The second kappa shape index (κ2) is 12.3. The Morgan fingerprint density at radius 2 is 1.71 bits per heavy atom. The fraction of sp³-hybridized carbons (Fsp3) is 1.00. The van der Waals surface area contributed by atoms with E-state index in [0.717, 1.165) is 31.0 Å². The van der Waals surface area contributed by atoms with E-state index in [-0.39, 0.29) is 0 Å². The van der Waals surface area contributed by atoms with Crippen LogP contribution < -0.4 is 0 Å². The molecule has 0 N–H and O–H groups in total. The molecule has 0 aromatic rings. The summed E-state index contributed by atoms with van der Waals surface area (Å²) >= 11 is 9.17. The highest BCUT2D eigenvalue weighted by Gasteiger charge is 2.18. The molecule has 17 heavy (non-hydrogen) atoms. The maximum absolute atomic E-state index is 5.81. The fourth-order valence-corrected chi connectivity index (χ4v) is 6.59. The zero-order chi connectivity index (χ0) is 13.0. The molecule has 0 aliphatic carbocycles. The molecule has 2 nitrogen and oxygen atoms in total. The van der Waals surface area contributed by atoms with Gasteiger partial charge in [-0.05, 0) is 49.5 Å². The highest BCUT2D eigenvalue weighted by atomic mass is 32.9. The van der Waals surface area contributed by atoms with Crippen molar-refractivity contribution in [2.45, 2.75) is 40.0 Å². The first-order valence-corrected chi connectivity index (χ1v) is 11.7. The Kier molecular flexibility index (Phi) is 13.2. The molecule has 1 unspecified atom stereocenters. The summed E-state index contributed by atoms with van der Waals surface area (Å²) < 4.78 is 11.4. The van der Waals surface area contributed by atoms with E-state index in [0.29, 0.717) is 6.61 Å². The first kappa shape index (κ1) is 18.3. The SMILES string of the molecule is CCCSCCCOP(=S)(OCC)SCCC. The van der Waals surface area contributed by atoms with Crippen molar-refractivity contribution in [3.05, 3.63) is 0 Å². The normalized spacial score (nSPS) is 14.8. The van der Waals surface area contributed by atoms with Gasteiger partial charge in [0.15, 0.2) is 0 Å². The summed E-state index contributed by atoms with van der Waals surface area (Å²) in [5.41, 5.74) is -2.05. The van der Waals surface area contributed by atoms with E-state index in [9.17, 15) is 0 Å². The molecule has 0 fully saturated rings. The third-order valence-electron chi connectivity index (χ3n) is 1.77. The van der Waals surface area contributed by atoms with Crippen LogP contribution in [0.5, 0.6) is 0 Å². The summed E-state index contributed by atoms with van der Waals surface area (Å²) in [5, 5.41) is 0. The van der Waals surface area contributed by atoms with Crippen molar-refractivity contribution in [1.29, 1.82) is 0 Å². The predicted octanol–water partition coefficient (Wildman–Crippen LogP) is 4.94. The second-order valence-corrected chi connectivity index (χ2v) is 11.2. The Morgan fingerprint density at radius 3 is 2.29 bits per heavy atom. The van der Waals surface area contributed by atoms with Crippen LogP contribution in [0.25, 0.3) is 0 Å². The Morgan fingerprint density at radius 1 is 1.00 bits per heavy atom. The van der Waals surface area contributed by atoms with E-state index in [1.54, 1.807) is 11.4 Å². The first-order chi connectivity index (χ1) is 8.18.